The number of anilines is 2. The second-order valence-electron chi connectivity index (χ2n) is 13.3. The van der Waals surface area contributed by atoms with Gasteiger partial charge in [0, 0.05) is 34.3 Å². The fourth-order valence-electron chi connectivity index (χ4n) is 8.77. The van der Waals surface area contributed by atoms with Crippen LogP contribution in [0, 0.1) is 24.1 Å². The highest BCUT2D eigenvalue weighted by Gasteiger charge is 2.46. The van der Waals surface area contributed by atoms with E-state index in [0.29, 0.717) is 57.7 Å². The summed E-state index contributed by atoms with van der Waals surface area (Å²) in [6.07, 6.45) is 6.57. The number of hydrogen-bond donors (Lipinski definition) is 2. The lowest BCUT2D eigenvalue weighted by molar-refractivity contribution is 0.108. The van der Waals surface area contributed by atoms with Crippen molar-refractivity contribution in [2.75, 3.05) is 43.5 Å². The number of nitriles is 1. The summed E-state index contributed by atoms with van der Waals surface area (Å²) < 4.78 is 31.1. The maximum absolute atomic E-state index is 17.3. The molecule has 0 radical (unpaired) electrons. The Balaban J connectivity index is 1.28. The maximum atomic E-state index is 17.3. The first-order chi connectivity index (χ1) is 21.9. The zero-order chi connectivity index (χ0) is 30.6. The Bertz CT molecular complexity index is 1950. The average molecular weight is 646 g/mol. The van der Waals surface area contributed by atoms with Gasteiger partial charge in [-0.05, 0) is 75.7 Å². The van der Waals surface area contributed by atoms with Crippen LogP contribution in [-0.2, 0) is 0 Å². The fourth-order valence-corrected chi connectivity index (χ4v) is 10.0. The molecule has 0 aliphatic carbocycles. The molecule has 4 saturated heterocycles. The van der Waals surface area contributed by atoms with E-state index in [1.165, 1.54) is 11.3 Å². The summed E-state index contributed by atoms with van der Waals surface area (Å²) in [6.45, 7) is 5.62. The number of nitrogens with zero attached hydrogens (tertiary/aromatic N) is 5. The number of halogens is 2. The quantitative estimate of drug-likeness (QED) is 0.285. The van der Waals surface area contributed by atoms with Crippen molar-refractivity contribution in [3.05, 3.63) is 34.1 Å². The number of piperazine rings is 1. The molecule has 9 nitrogen and oxygen atoms in total. The third-order valence-corrected chi connectivity index (χ3v) is 12.3. The topological polar surface area (TPSA) is 113 Å². The third kappa shape index (κ3) is 3.95. The van der Waals surface area contributed by atoms with Gasteiger partial charge < -0.3 is 25.4 Å². The zero-order valence-electron chi connectivity index (χ0n) is 25.0. The van der Waals surface area contributed by atoms with Crippen molar-refractivity contribution >= 4 is 54.7 Å². The van der Waals surface area contributed by atoms with Crippen LogP contribution in [0.15, 0.2) is 12.1 Å². The van der Waals surface area contributed by atoms with Crippen LogP contribution in [0.1, 0.15) is 49.7 Å². The van der Waals surface area contributed by atoms with E-state index in [-0.39, 0.29) is 39.7 Å². The van der Waals surface area contributed by atoms with Gasteiger partial charge in [-0.3, -0.25) is 4.90 Å². The van der Waals surface area contributed by atoms with E-state index in [9.17, 15) is 5.26 Å². The molecule has 5 aliphatic heterocycles. The van der Waals surface area contributed by atoms with Crippen LogP contribution in [0.25, 0.3) is 32.1 Å². The van der Waals surface area contributed by atoms with Gasteiger partial charge in [0.05, 0.1) is 27.6 Å². The largest absolute Gasteiger partial charge is 0.489 e. The number of fused-ring (bicyclic) bond motifs is 7. The normalized spacial score (nSPS) is 24.8. The smallest absolute Gasteiger partial charge is 0.319 e. The third-order valence-electron chi connectivity index (χ3n) is 10.9. The standard InChI is InChI=1S/C33H33ClFN7O2S/c1-16-4-7-21-23(18(12-36)30(37)45-21)22(16)24-26(34)29-25-28(27(24)35)39-32(44-15-33-8-2-10-41(33)11-3-9-33)40-31(25)42-13-17-5-6-19(38-17)20(42)14-43-29/h4,7,17,19-20,38H,2-3,5-6,8-11,13-15,37H2,1H3. The molecule has 2 bridgehead atoms. The molecule has 9 rings (SSSR count). The maximum Gasteiger partial charge on any atom is 0.319 e. The monoisotopic (exact) mass is 645 g/mol. The van der Waals surface area contributed by atoms with E-state index >= 15 is 4.39 Å². The molecule has 0 amide bonds. The number of hydrogen-bond acceptors (Lipinski definition) is 10. The highest BCUT2D eigenvalue weighted by molar-refractivity contribution is 7.23. The molecule has 45 heavy (non-hydrogen) atoms. The molecule has 0 saturated carbocycles. The van der Waals surface area contributed by atoms with Crippen molar-refractivity contribution in [1.29, 1.82) is 5.26 Å². The minimum atomic E-state index is -0.585. The van der Waals surface area contributed by atoms with Gasteiger partial charge in [-0.15, -0.1) is 11.3 Å². The van der Waals surface area contributed by atoms with Gasteiger partial charge in [-0.1, -0.05) is 17.7 Å². The van der Waals surface area contributed by atoms with E-state index in [4.69, 9.17) is 36.8 Å². The number of benzene rings is 2. The summed E-state index contributed by atoms with van der Waals surface area (Å²) in [7, 11) is 0. The number of aromatic nitrogens is 2. The highest BCUT2D eigenvalue weighted by Crippen LogP contribution is 2.52. The van der Waals surface area contributed by atoms with Gasteiger partial charge in [0.15, 0.2) is 11.6 Å². The van der Waals surface area contributed by atoms with E-state index in [2.05, 4.69) is 21.2 Å². The van der Waals surface area contributed by atoms with Gasteiger partial charge >= 0.3 is 6.01 Å². The van der Waals surface area contributed by atoms with Crippen molar-refractivity contribution in [1.82, 2.24) is 20.2 Å². The molecule has 3 unspecified atom stereocenters. The van der Waals surface area contributed by atoms with E-state index in [1.54, 1.807) is 0 Å². The molecule has 3 atom stereocenters. The average Bonchev–Trinajstić information content (AvgIpc) is 3.77. The van der Waals surface area contributed by atoms with Gasteiger partial charge in [0.1, 0.15) is 35.6 Å². The number of thiophene rings is 1. The van der Waals surface area contributed by atoms with Gasteiger partial charge in [0.2, 0.25) is 0 Å². The second kappa shape index (κ2) is 10.0. The summed E-state index contributed by atoms with van der Waals surface area (Å²) in [4.78, 5) is 14.6. The number of aryl methyl sites for hydroxylation is 1. The molecule has 2 aromatic heterocycles. The Hall–Kier alpha value is -3.43. The lowest BCUT2D eigenvalue weighted by atomic mass is 9.93. The minimum Gasteiger partial charge on any atom is -0.489 e. The van der Waals surface area contributed by atoms with Crippen LogP contribution in [-0.4, -0.2) is 71.4 Å². The summed E-state index contributed by atoms with van der Waals surface area (Å²) >= 11 is 8.51. The number of nitrogen functional groups attached to an aromatic ring is 1. The van der Waals surface area contributed by atoms with Gasteiger partial charge in [-0.2, -0.15) is 15.2 Å². The molecule has 2 aromatic carbocycles. The van der Waals surface area contributed by atoms with E-state index in [1.807, 2.05) is 19.1 Å². The first-order valence-electron chi connectivity index (χ1n) is 15.8. The van der Waals surface area contributed by atoms with Crippen molar-refractivity contribution in [3.63, 3.8) is 0 Å². The molecule has 4 aromatic rings. The summed E-state index contributed by atoms with van der Waals surface area (Å²) in [5.74, 6) is 0.389. The lowest BCUT2D eigenvalue weighted by Gasteiger charge is -2.40. The summed E-state index contributed by atoms with van der Waals surface area (Å²) in [5.41, 5.74) is 8.13. The Morgan fingerprint density at radius 3 is 2.84 bits per heavy atom. The minimum absolute atomic E-state index is 0.00420. The highest BCUT2D eigenvalue weighted by atomic mass is 35.5. The van der Waals surface area contributed by atoms with Crippen molar-refractivity contribution in [3.8, 4) is 29.0 Å². The Kier molecular flexibility index (Phi) is 6.21. The first kappa shape index (κ1) is 27.8. The summed E-state index contributed by atoms with van der Waals surface area (Å²) in [5, 5.41) is 15.4. The first-order valence-corrected chi connectivity index (χ1v) is 17.0. The fraction of sp³-hybridized carbons (Fsp3) is 0.485. The van der Waals surface area contributed by atoms with Crippen LogP contribution >= 0.6 is 22.9 Å². The number of nitrogens with one attached hydrogen (secondary N) is 1. The molecule has 7 heterocycles. The molecule has 5 aliphatic rings. The number of rotatable bonds is 4. The van der Waals surface area contributed by atoms with Crippen LogP contribution in [0.2, 0.25) is 5.02 Å². The molecule has 12 heteroatoms. The Morgan fingerprint density at radius 2 is 2.04 bits per heavy atom. The van der Waals surface area contributed by atoms with E-state index in [0.717, 1.165) is 68.4 Å². The number of nitrogens with two attached hydrogens (primary N) is 1. The van der Waals surface area contributed by atoms with Crippen molar-refractivity contribution < 1.29 is 13.9 Å². The van der Waals surface area contributed by atoms with E-state index < -0.39 is 5.82 Å². The molecular formula is C33H33ClFN7O2S. The zero-order valence-corrected chi connectivity index (χ0v) is 26.5. The Morgan fingerprint density at radius 1 is 1.22 bits per heavy atom. The van der Waals surface area contributed by atoms with Crippen LogP contribution in [0.4, 0.5) is 15.2 Å². The van der Waals surface area contributed by atoms with Crippen molar-refractivity contribution in [2.24, 2.45) is 0 Å². The second-order valence-corrected chi connectivity index (χ2v) is 14.7. The van der Waals surface area contributed by atoms with Crippen LogP contribution in [0.3, 0.4) is 0 Å². The molecule has 0 spiro atoms. The van der Waals surface area contributed by atoms with Gasteiger partial charge in [-0.25, -0.2) is 4.39 Å². The predicted octanol–water partition coefficient (Wildman–Crippen LogP) is 5.78. The Labute approximate surface area is 269 Å². The van der Waals surface area contributed by atoms with Gasteiger partial charge in [0.25, 0.3) is 0 Å². The molecular weight excluding hydrogens is 613 g/mol. The molecule has 4 fully saturated rings. The lowest BCUT2D eigenvalue weighted by Crippen LogP contribution is -2.60. The van der Waals surface area contributed by atoms with Crippen molar-refractivity contribution in [2.45, 2.75) is 69.1 Å². The van der Waals surface area contributed by atoms with Crippen LogP contribution < -0.4 is 25.4 Å². The number of ether oxygens (including phenoxy) is 2. The van der Waals surface area contributed by atoms with Crippen LogP contribution in [0.5, 0.6) is 11.8 Å². The molecule has 232 valence electrons. The predicted molar refractivity (Wildman–Crippen MR) is 174 cm³/mol. The SMILES string of the molecule is Cc1ccc2sc(N)c(C#N)c2c1-c1c(Cl)c2c3c(nc(OCC45CCCN4CCC5)nc3c1F)N1CC3CCC(N3)C1CO2. The molecule has 3 N–H and O–H groups in total. The summed E-state index contributed by atoms with van der Waals surface area (Å²) in [6, 6.07) is 6.76.